The molecule has 7 nitrogen and oxygen atoms in total. The van der Waals surface area contributed by atoms with Crippen molar-refractivity contribution in [1.29, 1.82) is 0 Å². The van der Waals surface area contributed by atoms with Crippen molar-refractivity contribution in [2.75, 3.05) is 39.3 Å². The molecule has 2 bridgehead atoms. The SMILES string of the molecule is CC1C2CC(C1NCCNC=O)C1C(=O)N(C[C@H]3CCC[C@@H]3CN3CCC(c4cccc5ccccc45)CC3)C(=O)C21. The number of hydrogen-bond acceptors (Lipinski definition) is 5. The van der Waals surface area contributed by atoms with Gasteiger partial charge in [0.05, 0.1) is 11.8 Å². The Kier molecular flexibility index (Phi) is 7.82. The van der Waals surface area contributed by atoms with Crippen LogP contribution in [0.2, 0.25) is 0 Å². The van der Waals surface area contributed by atoms with Gasteiger partial charge in [-0.05, 0) is 97.0 Å². The molecular weight excluding hydrogens is 524 g/mol. The molecular formula is C35H46N4O3. The fourth-order valence-electron chi connectivity index (χ4n) is 9.93. The second-order valence-electron chi connectivity index (χ2n) is 13.9. The smallest absolute Gasteiger partial charge is 0.233 e. The van der Waals surface area contributed by atoms with Gasteiger partial charge in [-0.25, -0.2) is 0 Å². The summed E-state index contributed by atoms with van der Waals surface area (Å²) in [5.41, 5.74) is 1.50. The van der Waals surface area contributed by atoms with Crippen LogP contribution in [0, 0.1) is 41.4 Å². The minimum atomic E-state index is -0.150. The predicted octanol–water partition coefficient (Wildman–Crippen LogP) is 4.03. The number of carbonyl (C=O) groups excluding carboxylic acids is 3. The van der Waals surface area contributed by atoms with Gasteiger partial charge >= 0.3 is 0 Å². The first kappa shape index (κ1) is 28.0. The lowest BCUT2D eigenvalue weighted by Crippen LogP contribution is -2.48. The van der Waals surface area contributed by atoms with Crippen molar-refractivity contribution in [2.24, 2.45) is 41.4 Å². The summed E-state index contributed by atoms with van der Waals surface area (Å²) in [7, 11) is 0. The Morgan fingerprint density at radius 2 is 1.57 bits per heavy atom. The number of hydrogen-bond donors (Lipinski definition) is 2. The molecule has 42 heavy (non-hydrogen) atoms. The van der Waals surface area contributed by atoms with E-state index < -0.39 is 0 Å². The molecule has 2 aliphatic heterocycles. The van der Waals surface area contributed by atoms with Crippen molar-refractivity contribution in [3.8, 4) is 0 Å². The molecule has 3 amide bonds. The summed E-state index contributed by atoms with van der Waals surface area (Å²) in [5.74, 6) is 2.45. The number of nitrogens with zero attached hydrogens (tertiary/aromatic N) is 2. The van der Waals surface area contributed by atoms with Gasteiger partial charge in [-0.1, -0.05) is 55.8 Å². The van der Waals surface area contributed by atoms with E-state index >= 15 is 0 Å². The van der Waals surface area contributed by atoms with Gasteiger partial charge in [-0.15, -0.1) is 0 Å². The number of nitrogens with one attached hydrogen (secondary N) is 2. The first-order valence-electron chi connectivity index (χ1n) is 16.5. The molecule has 0 spiro atoms. The van der Waals surface area contributed by atoms with E-state index in [1.807, 2.05) is 0 Å². The van der Waals surface area contributed by atoms with E-state index in [0.717, 1.165) is 38.9 Å². The van der Waals surface area contributed by atoms with Crippen LogP contribution >= 0.6 is 0 Å². The number of benzene rings is 2. The third-order valence-corrected chi connectivity index (χ3v) is 12.0. The minimum absolute atomic E-state index is 0.101. The van der Waals surface area contributed by atoms with Gasteiger partial charge in [0.25, 0.3) is 0 Å². The van der Waals surface area contributed by atoms with Crippen LogP contribution in [-0.4, -0.2) is 73.3 Å². The Bertz CT molecular complexity index is 1320. The van der Waals surface area contributed by atoms with Crippen molar-refractivity contribution >= 4 is 29.0 Å². The first-order chi connectivity index (χ1) is 20.5. The van der Waals surface area contributed by atoms with Gasteiger partial charge < -0.3 is 15.5 Å². The zero-order valence-corrected chi connectivity index (χ0v) is 24.9. The maximum absolute atomic E-state index is 13.8. The fraction of sp³-hybridized carbons (Fsp3) is 0.629. The molecule has 5 fully saturated rings. The Hall–Kier alpha value is -2.77. The highest BCUT2D eigenvalue weighted by molar-refractivity contribution is 6.06. The van der Waals surface area contributed by atoms with Crippen molar-refractivity contribution in [1.82, 2.24) is 20.4 Å². The van der Waals surface area contributed by atoms with Gasteiger partial charge in [0, 0.05) is 32.2 Å². The third kappa shape index (κ3) is 4.86. The molecule has 2 aromatic carbocycles. The first-order valence-corrected chi connectivity index (χ1v) is 16.5. The fourth-order valence-corrected chi connectivity index (χ4v) is 9.93. The van der Waals surface area contributed by atoms with Gasteiger partial charge in [0.1, 0.15) is 0 Å². The van der Waals surface area contributed by atoms with E-state index in [2.05, 4.69) is 64.9 Å². The van der Waals surface area contributed by atoms with Crippen LogP contribution in [0.5, 0.6) is 0 Å². The molecule has 8 atom stereocenters. The molecule has 7 heteroatoms. The average molecular weight is 571 g/mol. The molecule has 2 saturated heterocycles. The van der Waals surface area contributed by atoms with Crippen molar-refractivity contribution in [2.45, 2.75) is 57.4 Å². The number of rotatable bonds is 10. The Morgan fingerprint density at radius 3 is 2.36 bits per heavy atom. The lowest BCUT2D eigenvalue weighted by Gasteiger charge is -2.36. The Labute approximate surface area is 249 Å². The Morgan fingerprint density at radius 1 is 0.857 bits per heavy atom. The standard InChI is InChI=1S/C35H46N4O3/c1-22-29-18-30(33(22)37-15-14-36-21-40)32-31(29)34(41)39(35(32)42)20-26-9-4-8-25(26)19-38-16-12-24(13-17-38)28-11-5-7-23-6-2-3-10-27(23)28/h2-3,5-7,10-11,21-22,24-26,29-33,37H,4,8-9,12-20H2,1H3,(H,36,40)/t22?,25-,26-,29?,30?,31?,32?,33?/m1/s1. The predicted molar refractivity (Wildman–Crippen MR) is 164 cm³/mol. The molecule has 0 radical (unpaired) electrons. The zero-order chi connectivity index (χ0) is 28.8. The van der Waals surface area contributed by atoms with Crippen LogP contribution in [0.1, 0.15) is 56.9 Å². The second kappa shape index (κ2) is 11.7. The van der Waals surface area contributed by atoms with Gasteiger partial charge in [0.15, 0.2) is 0 Å². The summed E-state index contributed by atoms with van der Waals surface area (Å²) in [6.07, 6.45) is 7.62. The van der Waals surface area contributed by atoms with E-state index in [4.69, 9.17) is 0 Å². The van der Waals surface area contributed by atoms with Crippen molar-refractivity contribution in [3.63, 3.8) is 0 Å². The maximum atomic E-state index is 13.8. The van der Waals surface area contributed by atoms with E-state index in [0.29, 0.717) is 49.2 Å². The average Bonchev–Trinajstić information content (AvgIpc) is 3.76. The molecule has 7 rings (SSSR count). The van der Waals surface area contributed by atoms with E-state index in [1.165, 1.54) is 42.0 Å². The van der Waals surface area contributed by atoms with Crippen LogP contribution in [-0.2, 0) is 14.4 Å². The summed E-state index contributed by atoms with van der Waals surface area (Å²) < 4.78 is 0. The molecule has 2 heterocycles. The number of likely N-dealkylation sites (tertiary alicyclic amines) is 2. The highest BCUT2D eigenvalue weighted by Crippen LogP contribution is 2.58. The number of carbonyl (C=O) groups is 3. The van der Waals surface area contributed by atoms with Gasteiger partial charge in [-0.2, -0.15) is 0 Å². The zero-order valence-electron chi connectivity index (χ0n) is 24.9. The molecule has 2 aromatic rings. The summed E-state index contributed by atoms with van der Waals surface area (Å²) in [5, 5.41) is 9.05. The van der Waals surface area contributed by atoms with Crippen LogP contribution in [0.3, 0.4) is 0 Å². The lowest BCUT2D eigenvalue weighted by molar-refractivity contribution is -0.141. The van der Waals surface area contributed by atoms with Crippen LogP contribution in [0.25, 0.3) is 10.8 Å². The van der Waals surface area contributed by atoms with Crippen molar-refractivity contribution in [3.05, 3.63) is 48.0 Å². The quantitative estimate of drug-likeness (QED) is 0.256. The highest BCUT2D eigenvalue weighted by Gasteiger charge is 2.66. The summed E-state index contributed by atoms with van der Waals surface area (Å²) >= 11 is 0. The summed E-state index contributed by atoms with van der Waals surface area (Å²) in [6.45, 7) is 7.49. The third-order valence-electron chi connectivity index (χ3n) is 12.0. The molecule has 6 unspecified atom stereocenters. The molecule has 3 saturated carbocycles. The van der Waals surface area contributed by atoms with E-state index in [9.17, 15) is 14.4 Å². The Balaban J connectivity index is 0.954. The molecule has 3 aliphatic carbocycles. The normalized spacial score (nSPS) is 34.9. The second-order valence-corrected chi connectivity index (χ2v) is 13.9. The topological polar surface area (TPSA) is 81.8 Å². The molecule has 2 N–H and O–H groups in total. The molecule has 224 valence electrons. The summed E-state index contributed by atoms with van der Waals surface area (Å²) in [4.78, 5) is 42.5. The monoisotopic (exact) mass is 570 g/mol. The van der Waals surface area contributed by atoms with E-state index in [1.54, 1.807) is 4.90 Å². The maximum Gasteiger partial charge on any atom is 0.233 e. The number of piperidine rings is 1. The molecule has 5 aliphatic rings. The van der Waals surface area contributed by atoms with Crippen LogP contribution in [0.4, 0.5) is 0 Å². The molecule has 0 aromatic heterocycles. The summed E-state index contributed by atoms with van der Waals surface area (Å²) in [6, 6.07) is 15.8. The number of fused-ring (bicyclic) bond motifs is 6. The largest absolute Gasteiger partial charge is 0.357 e. The number of amides is 3. The van der Waals surface area contributed by atoms with Crippen molar-refractivity contribution < 1.29 is 14.4 Å². The van der Waals surface area contributed by atoms with Gasteiger partial charge in [0.2, 0.25) is 18.2 Å². The number of imide groups is 1. The highest BCUT2D eigenvalue weighted by atomic mass is 16.2. The lowest BCUT2D eigenvalue weighted by atomic mass is 9.73. The minimum Gasteiger partial charge on any atom is -0.357 e. The van der Waals surface area contributed by atoms with Crippen LogP contribution in [0.15, 0.2) is 42.5 Å². The van der Waals surface area contributed by atoms with Crippen LogP contribution < -0.4 is 10.6 Å². The van der Waals surface area contributed by atoms with Gasteiger partial charge in [-0.3, -0.25) is 19.3 Å². The van der Waals surface area contributed by atoms with E-state index in [-0.39, 0.29) is 35.6 Å².